The maximum absolute atomic E-state index is 6.05. The minimum atomic E-state index is -0.212. The quantitative estimate of drug-likeness (QED) is 0.836. The minimum Gasteiger partial charge on any atom is -0.367 e. The van der Waals surface area contributed by atoms with Crippen molar-refractivity contribution in [2.24, 2.45) is 5.92 Å². The molecule has 0 amide bonds. The monoisotopic (exact) mass is 256 g/mol. The van der Waals surface area contributed by atoms with Crippen LogP contribution in [0.25, 0.3) is 0 Å². The van der Waals surface area contributed by atoms with E-state index in [1.54, 1.807) is 0 Å². The van der Waals surface area contributed by atoms with Gasteiger partial charge in [0.1, 0.15) is 11.4 Å². The number of halogens is 1. The van der Waals surface area contributed by atoms with Crippen molar-refractivity contribution in [1.82, 2.24) is 9.97 Å². The highest BCUT2D eigenvalue weighted by atomic mass is 35.5. The first-order valence-electron chi connectivity index (χ1n) is 6.44. The van der Waals surface area contributed by atoms with E-state index in [2.05, 4.69) is 16.9 Å². The van der Waals surface area contributed by atoms with Crippen LogP contribution in [0.5, 0.6) is 0 Å². The summed E-state index contributed by atoms with van der Waals surface area (Å²) in [5, 5.41) is 0. The number of aromatic nitrogens is 2. The van der Waals surface area contributed by atoms with Gasteiger partial charge in [-0.1, -0.05) is 13.3 Å². The van der Waals surface area contributed by atoms with Gasteiger partial charge in [-0.05, 0) is 32.1 Å². The molecule has 96 valence electrons. The van der Waals surface area contributed by atoms with Crippen LogP contribution in [0.15, 0.2) is 6.20 Å². The highest BCUT2D eigenvalue weighted by Crippen LogP contribution is 2.41. The summed E-state index contributed by atoms with van der Waals surface area (Å²) in [6.45, 7) is 5.06. The number of nitrogens with one attached hydrogen (secondary N) is 1. The maximum atomic E-state index is 6.05. The molecule has 0 spiro atoms. The summed E-state index contributed by atoms with van der Waals surface area (Å²) in [7, 11) is 0. The number of aromatic amines is 1. The highest BCUT2D eigenvalue weighted by molar-refractivity contribution is 6.16. The fraction of sp³-hybridized carbons (Fsp3) is 0.769. The molecule has 0 aromatic carbocycles. The number of imidazole rings is 1. The average Bonchev–Trinajstić information content (AvgIpc) is 2.78. The van der Waals surface area contributed by atoms with Gasteiger partial charge in [-0.25, -0.2) is 4.98 Å². The Bertz CT molecular complexity index is 362. The Morgan fingerprint density at radius 2 is 2.47 bits per heavy atom. The Balaban J connectivity index is 2.26. The Morgan fingerprint density at radius 3 is 3.06 bits per heavy atom. The van der Waals surface area contributed by atoms with Gasteiger partial charge in [0, 0.05) is 18.5 Å². The summed E-state index contributed by atoms with van der Waals surface area (Å²) in [5.74, 6) is 2.13. The predicted molar refractivity (Wildman–Crippen MR) is 69.1 cm³/mol. The summed E-state index contributed by atoms with van der Waals surface area (Å²) < 4.78 is 6.05. The fourth-order valence-corrected chi connectivity index (χ4v) is 2.99. The van der Waals surface area contributed by atoms with Crippen LogP contribution in [0.4, 0.5) is 0 Å². The van der Waals surface area contributed by atoms with Crippen molar-refractivity contribution in [2.75, 3.05) is 6.61 Å². The number of rotatable bonds is 4. The normalized spacial score (nSPS) is 29.5. The van der Waals surface area contributed by atoms with E-state index in [0.717, 1.165) is 31.0 Å². The topological polar surface area (TPSA) is 37.9 Å². The van der Waals surface area contributed by atoms with Gasteiger partial charge in [0.05, 0.1) is 5.88 Å². The molecule has 0 bridgehead atoms. The van der Waals surface area contributed by atoms with Gasteiger partial charge in [0.2, 0.25) is 0 Å². The third-order valence-electron chi connectivity index (χ3n) is 3.58. The molecule has 0 radical (unpaired) electrons. The van der Waals surface area contributed by atoms with Crippen LogP contribution < -0.4 is 0 Å². The first-order valence-corrected chi connectivity index (χ1v) is 6.98. The molecule has 1 N–H and O–H groups in total. The van der Waals surface area contributed by atoms with E-state index in [-0.39, 0.29) is 5.60 Å². The number of alkyl halides is 1. The van der Waals surface area contributed by atoms with E-state index in [9.17, 15) is 0 Å². The average molecular weight is 257 g/mol. The Morgan fingerprint density at radius 1 is 1.65 bits per heavy atom. The van der Waals surface area contributed by atoms with Gasteiger partial charge in [-0.15, -0.1) is 11.6 Å². The van der Waals surface area contributed by atoms with Gasteiger partial charge >= 0.3 is 0 Å². The van der Waals surface area contributed by atoms with Crippen LogP contribution in [-0.2, 0) is 16.2 Å². The summed E-state index contributed by atoms with van der Waals surface area (Å²) in [6, 6.07) is 0. The molecule has 2 rings (SSSR count). The molecule has 4 heteroatoms. The van der Waals surface area contributed by atoms with Crippen molar-refractivity contribution in [2.45, 2.75) is 51.0 Å². The molecule has 1 aromatic rings. The molecule has 17 heavy (non-hydrogen) atoms. The van der Waals surface area contributed by atoms with Crippen molar-refractivity contribution >= 4 is 11.6 Å². The molecule has 1 saturated carbocycles. The van der Waals surface area contributed by atoms with E-state index in [0.29, 0.717) is 11.8 Å². The van der Waals surface area contributed by atoms with E-state index in [1.807, 2.05) is 13.1 Å². The summed E-state index contributed by atoms with van der Waals surface area (Å²) in [4.78, 5) is 7.78. The third-order valence-corrected chi connectivity index (χ3v) is 3.87. The summed E-state index contributed by atoms with van der Waals surface area (Å²) in [6.07, 6.45) is 6.43. The van der Waals surface area contributed by atoms with E-state index in [4.69, 9.17) is 16.3 Å². The van der Waals surface area contributed by atoms with Gasteiger partial charge < -0.3 is 9.72 Å². The van der Waals surface area contributed by atoms with Crippen LogP contribution in [0.3, 0.4) is 0 Å². The van der Waals surface area contributed by atoms with Crippen molar-refractivity contribution in [3.63, 3.8) is 0 Å². The molecule has 1 aromatic heterocycles. The molecule has 0 aliphatic heterocycles. The zero-order valence-corrected chi connectivity index (χ0v) is 11.4. The molecular weight excluding hydrogens is 236 g/mol. The Labute approximate surface area is 108 Å². The van der Waals surface area contributed by atoms with Crippen LogP contribution in [0.1, 0.15) is 51.0 Å². The number of nitrogens with zero attached hydrogens (tertiary/aromatic N) is 1. The van der Waals surface area contributed by atoms with Crippen LogP contribution in [-0.4, -0.2) is 16.6 Å². The fourth-order valence-electron chi connectivity index (χ4n) is 2.85. The molecule has 1 heterocycles. The third kappa shape index (κ3) is 2.66. The van der Waals surface area contributed by atoms with Crippen molar-refractivity contribution in [1.29, 1.82) is 0 Å². The molecule has 2 atom stereocenters. The van der Waals surface area contributed by atoms with Crippen LogP contribution >= 0.6 is 11.6 Å². The van der Waals surface area contributed by atoms with Crippen molar-refractivity contribution < 1.29 is 4.74 Å². The lowest BCUT2D eigenvalue weighted by Gasteiger charge is -2.38. The largest absolute Gasteiger partial charge is 0.367 e. The smallest absolute Gasteiger partial charge is 0.138 e. The molecule has 3 nitrogen and oxygen atoms in total. The summed E-state index contributed by atoms with van der Waals surface area (Å²) >= 11 is 5.82. The molecule has 1 aliphatic rings. The van der Waals surface area contributed by atoms with Crippen molar-refractivity contribution in [3.8, 4) is 0 Å². The first kappa shape index (κ1) is 12.9. The van der Waals surface area contributed by atoms with E-state index >= 15 is 0 Å². The lowest BCUT2D eigenvalue weighted by atomic mass is 9.78. The second-order valence-electron chi connectivity index (χ2n) is 5.02. The van der Waals surface area contributed by atoms with Crippen molar-refractivity contribution in [3.05, 3.63) is 17.7 Å². The highest BCUT2D eigenvalue weighted by Gasteiger charge is 2.39. The lowest BCUT2D eigenvalue weighted by molar-refractivity contribution is -0.0876. The molecule has 0 saturated heterocycles. The van der Waals surface area contributed by atoms with Gasteiger partial charge in [0.15, 0.2) is 0 Å². The van der Waals surface area contributed by atoms with Gasteiger partial charge in [-0.3, -0.25) is 0 Å². The number of hydrogen-bond donors (Lipinski definition) is 1. The zero-order valence-electron chi connectivity index (χ0n) is 10.6. The summed E-state index contributed by atoms with van der Waals surface area (Å²) in [5.41, 5.74) is 0.760. The van der Waals surface area contributed by atoms with E-state index in [1.165, 1.54) is 12.8 Å². The molecular formula is C13H21ClN2O. The standard InChI is InChI=1S/C13H21ClN2O/c1-3-17-13(6-4-5-10(2)7-13)12-15-9-11(8-14)16-12/h9-10H,3-8H2,1-2H3,(H,15,16). The second kappa shape index (κ2) is 5.40. The van der Waals surface area contributed by atoms with E-state index < -0.39 is 0 Å². The van der Waals surface area contributed by atoms with Gasteiger partial charge in [-0.2, -0.15) is 0 Å². The first-order chi connectivity index (χ1) is 8.20. The zero-order chi connectivity index (χ0) is 12.3. The number of ether oxygens (including phenoxy) is 1. The van der Waals surface area contributed by atoms with Gasteiger partial charge in [0.25, 0.3) is 0 Å². The number of hydrogen-bond acceptors (Lipinski definition) is 2. The Kier molecular flexibility index (Phi) is 4.10. The lowest BCUT2D eigenvalue weighted by Crippen LogP contribution is -2.36. The minimum absolute atomic E-state index is 0.212. The molecule has 1 fully saturated rings. The maximum Gasteiger partial charge on any atom is 0.138 e. The molecule has 2 unspecified atom stereocenters. The number of H-pyrrole nitrogens is 1. The second-order valence-corrected chi connectivity index (χ2v) is 5.29. The Hall–Kier alpha value is -0.540. The molecule has 1 aliphatic carbocycles. The van der Waals surface area contributed by atoms with Crippen LogP contribution in [0, 0.1) is 5.92 Å². The SMILES string of the molecule is CCOC1(c2ncc(CCl)[nH]2)CCCC(C)C1. The predicted octanol–water partition coefficient (Wildman–Crippen LogP) is 3.59. The van der Waals surface area contributed by atoms with Crippen LogP contribution in [0.2, 0.25) is 0 Å².